The Morgan fingerprint density at radius 2 is 1.12 bits per heavy atom. The molecule has 9 heteroatoms. The molecule has 51 heavy (non-hydrogen) atoms. The molecule has 4 aromatic carbocycles. The molecule has 1 aliphatic rings. The van der Waals surface area contributed by atoms with Crippen LogP contribution in [-0.2, 0) is 52.4 Å². The fourth-order valence-electron chi connectivity index (χ4n) is 5.87. The topological polar surface area (TPSA) is 81.7 Å². The Labute approximate surface area is 303 Å². The van der Waals surface area contributed by atoms with Crippen molar-refractivity contribution in [1.29, 1.82) is 0 Å². The molecule has 1 fully saturated rings. The van der Waals surface area contributed by atoms with Gasteiger partial charge in [0.2, 0.25) is 6.29 Å². The molecular formula is C42H51O8P. The summed E-state index contributed by atoms with van der Waals surface area (Å²) in [4.78, 5) is 0. The van der Waals surface area contributed by atoms with Crippen molar-refractivity contribution in [3.63, 3.8) is 0 Å². The van der Waals surface area contributed by atoms with Crippen molar-refractivity contribution in [3.8, 4) is 5.75 Å². The van der Waals surface area contributed by atoms with Gasteiger partial charge in [-0.15, -0.1) is 0 Å². The second-order valence-corrected chi connectivity index (χ2v) is 15.1. The molecule has 0 N–H and O–H groups in total. The van der Waals surface area contributed by atoms with Crippen LogP contribution >= 0.6 is 7.60 Å². The Bertz CT molecular complexity index is 1680. The molecule has 0 aliphatic carbocycles. The van der Waals surface area contributed by atoms with Gasteiger partial charge in [0.15, 0.2) is 0 Å². The minimum atomic E-state index is -3.68. The third-order valence-electron chi connectivity index (χ3n) is 8.13. The molecule has 0 saturated carbocycles. The highest BCUT2D eigenvalue weighted by Gasteiger charge is 2.49. The number of ether oxygens (including phenoxy) is 5. The van der Waals surface area contributed by atoms with Gasteiger partial charge in [-0.3, -0.25) is 4.57 Å². The van der Waals surface area contributed by atoms with Gasteiger partial charge >= 0.3 is 7.60 Å². The number of rotatable bonds is 17. The molecule has 5 rings (SSSR count). The van der Waals surface area contributed by atoms with E-state index in [4.69, 9.17) is 32.7 Å². The summed E-state index contributed by atoms with van der Waals surface area (Å²) in [7, 11) is -3.68. The van der Waals surface area contributed by atoms with Gasteiger partial charge < -0.3 is 32.7 Å². The van der Waals surface area contributed by atoms with Crippen molar-refractivity contribution in [3.05, 3.63) is 149 Å². The second-order valence-electron chi connectivity index (χ2n) is 13.3. The van der Waals surface area contributed by atoms with Gasteiger partial charge in [0.05, 0.1) is 32.0 Å². The Morgan fingerprint density at radius 1 is 0.647 bits per heavy atom. The molecular weight excluding hydrogens is 663 g/mol. The fraction of sp³-hybridized carbons (Fsp3) is 0.381. The molecule has 1 aliphatic heterocycles. The minimum absolute atomic E-state index is 0.279. The molecule has 0 spiro atoms. The van der Waals surface area contributed by atoms with E-state index in [1.807, 2.05) is 145 Å². The van der Waals surface area contributed by atoms with Crippen molar-refractivity contribution >= 4 is 7.60 Å². The largest absolute Gasteiger partial charge is 0.462 e. The van der Waals surface area contributed by atoms with Crippen LogP contribution in [0.3, 0.4) is 0 Å². The third-order valence-corrected chi connectivity index (χ3v) is 10.1. The zero-order chi connectivity index (χ0) is 36.2. The predicted octanol–water partition coefficient (Wildman–Crippen LogP) is 9.72. The molecule has 5 atom stereocenters. The molecule has 8 nitrogen and oxygen atoms in total. The van der Waals surface area contributed by atoms with E-state index in [1.54, 1.807) is 6.08 Å². The molecule has 272 valence electrons. The molecule has 0 aromatic heterocycles. The van der Waals surface area contributed by atoms with E-state index in [2.05, 4.69) is 6.07 Å². The van der Waals surface area contributed by atoms with E-state index in [-0.39, 0.29) is 18.8 Å². The van der Waals surface area contributed by atoms with Crippen LogP contribution in [0.25, 0.3) is 0 Å². The maximum absolute atomic E-state index is 14.0. The van der Waals surface area contributed by atoms with Crippen LogP contribution in [0.2, 0.25) is 0 Å². The summed E-state index contributed by atoms with van der Waals surface area (Å²) in [6, 6.07) is 35.8. The molecule has 1 heterocycles. The maximum Gasteiger partial charge on any atom is 0.354 e. The van der Waals surface area contributed by atoms with Gasteiger partial charge in [-0.1, -0.05) is 109 Å². The maximum atomic E-state index is 14.0. The van der Waals surface area contributed by atoms with Crippen LogP contribution in [0, 0.1) is 13.8 Å². The lowest BCUT2D eigenvalue weighted by Crippen LogP contribution is -2.61. The Hall–Kier alpha value is -3.59. The van der Waals surface area contributed by atoms with Gasteiger partial charge in [-0.2, -0.15) is 0 Å². The Balaban J connectivity index is 1.57. The lowest BCUT2D eigenvalue weighted by Gasteiger charge is -2.45. The van der Waals surface area contributed by atoms with E-state index in [9.17, 15) is 4.57 Å². The van der Waals surface area contributed by atoms with Crippen molar-refractivity contribution in [2.75, 3.05) is 0 Å². The van der Waals surface area contributed by atoms with E-state index in [0.29, 0.717) is 19.0 Å². The summed E-state index contributed by atoms with van der Waals surface area (Å²) in [5, 5.41) is 0. The first-order chi connectivity index (χ1) is 24.6. The van der Waals surface area contributed by atoms with Crippen LogP contribution in [0.1, 0.15) is 55.5 Å². The summed E-state index contributed by atoms with van der Waals surface area (Å²) in [5.74, 6) is 2.13. The lowest BCUT2D eigenvalue weighted by atomic mass is 9.97. The SMILES string of the molecule is Cc1ccc(O[C@H]2O[C@H](/C=C/P(=O)(OC(C)C)OC(C)C)[C@@H](OCc3ccccc3)[C@H](OCc3ccccc3)[C@@H]2OCc2ccccc2)c(C)c1. The molecule has 1 saturated heterocycles. The fourth-order valence-corrected chi connectivity index (χ4v) is 7.62. The van der Waals surface area contributed by atoms with Crippen LogP contribution < -0.4 is 4.74 Å². The molecule has 0 amide bonds. The minimum Gasteiger partial charge on any atom is -0.462 e. The van der Waals surface area contributed by atoms with Gasteiger partial charge in [0.25, 0.3) is 0 Å². The summed E-state index contributed by atoms with van der Waals surface area (Å²) in [5.41, 5.74) is 5.04. The Morgan fingerprint density at radius 3 is 1.59 bits per heavy atom. The average molecular weight is 715 g/mol. The van der Waals surface area contributed by atoms with Crippen LogP contribution in [0.15, 0.2) is 121 Å². The third kappa shape index (κ3) is 11.7. The summed E-state index contributed by atoms with van der Waals surface area (Å²) >= 11 is 0. The van der Waals surface area contributed by atoms with E-state index in [0.717, 1.165) is 27.8 Å². The number of hydrogen-bond acceptors (Lipinski definition) is 8. The number of benzene rings is 4. The second kappa shape index (κ2) is 18.8. The van der Waals surface area contributed by atoms with E-state index >= 15 is 0 Å². The van der Waals surface area contributed by atoms with Crippen molar-refractivity contribution in [1.82, 2.24) is 0 Å². The highest BCUT2D eigenvalue weighted by Crippen LogP contribution is 2.52. The van der Waals surface area contributed by atoms with E-state index in [1.165, 1.54) is 5.82 Å². The van der Waals surface area contributed by atoms with Crippen molar-refractivity contribution < 1.29 is 37.3 Å². The zero-order valence-corrected chi connectivity index (χ0v) is 31.3. The monoisotopic (exact) mass is 714 g/mol. The van der Waals surface area contributed by atoms with Gasteiger partial charge in [0, 0.05) is 5.82 Å². The lowest BCUT2D eigenvalue weighted by molar-refractivity contribution is -0.295. The number of aryl methyl sites for hydroxylation is 2. The first-order valence-corrected chi connectivity index (χ1v) is 19.2. The molecule has 0 radical (unpaired) electrons. The van der Waals surface area contributed by atoms with Crippen molar-refractivity contribution in [2.45, 2.75) is 104 Å². The standard InChI is InChI=1S/C42H51O8P/c1-30(2)49-51(43,50-31(3)4)25-24-38-39(44-27-34-16-10-7-11-17-34)40(45-28-35-18-12-8-13-19-35)41(46-29-36-20-14-9-15-21-36)42(48-38)47-37-23-22-32(5)26-33(37)6/h7-26,30-31,38-42H,27-29H2,1-6H3/b25-24+/t38-,39-,40+,41+,42+/m1/s1. The van der Waals surface area contributed by atoms with Crippen LogP contribution in [0.5, 0.6) is 5.75 Å². The average Bonchev–Trinajstić information content (AvgIpc) is 3.10. The van der Waals surface area contributed by atoms with E-state index < -0.39 is 38.3 Å². The Kier molecular flexibility index (Phi) is 14.2. The predicted molar refractivity (Wildman–Crippen MR) is 199 cm³/mol. The summed E-state index contributed by atoms with van der Waals surface area (Å²) in [6.45, 7) is 12.2. The van der Waals surface area contributed by atoms with Gasteiger partial charge in [0.1, 0.15) is 30.2 Å². The highest BCUT2D eigenvalue weighted by molar-refractivity contribution is 7.57. The summed E-state index contributed by atoms with van der Waals surface area (Å²) < 4.78 is 59.4. The van der Waals surface area contributed by atoms with Gasteiger partial charge in [-0.25, -0.2) is 0 Å². The molecule has 0 unspecified atom stereocenters. The van der Waals surface area contributed by atoms with Crippen LogP contribution in [-0.4, -0.2) is 42.9 Å². The van der Waals surface area contributed by atoms with Gasteiger partial charge in [-0.05, 0) is 75.9 Å². The smallest absolute Gasteiger partial charge is 0.354 e. The summed E-state index contributed by atoms with van der Waals surface area (Å²) in [6.07, 6.45) is -2.83. The van der Waals surface area contributed by atoms with Crippen LogP contribution in [0.4, 0.5) is 0 Å². The van der Waals surface area contributed by atoms with Crippen molar-refractivity contribution in [2.24, 2.45) is 0 Å². The normalized spacial score (nSPS) is 21.1. The number of hydrogen-bond donors (Lipinski definition) is 0. The molecule has 0 bridgehead atoms. The quantitative estimate of drug-likeness (QED) is 0.100. The first-order valence-electron chi connectivity index (χ1n) is 17.6. The highest BCUT2D eigenvalue weighted by atomic mass is 31.2. The zero-order valence-electron chi connectivity index (χ0n) is 30.4. The molecule has 4 aromatic rings. The first kappa shape index (κ1) is 38.6.